The third kappa shape index (κ3) is 2.81. The molecule has 0 saturated carbocycles. The lowest BCUT2D eigenvalue weighted by Gasteiger charge is -2.08. The number of halogens is 2. The second-order valence-corrected chi connectivity index (χ2v) is 3.80. The molecule has 4 nitrogen and oxygen atoms in total. The largest absolute Gasteiger partial charge is 0.489 e. The van der Waals surface area contributed by atoms with E-state index in [2.05, 4.69) is 20.7 Å². The first-order chi connectivity index (χ1) is 7.47. The van der Waals surface area contributed by atoms with Crippen molar-refractivity contribution in [2.24, 2.45) is 0 Å². The van der Waals surface area contributed by atoms with E-state index in [1.165, 1.54) is 0 Å². The molecular weight excluding hydrogens is 282 g/mol. The molecule has 86 valence electrons. The highest BCUT2D eigenvalue weighted by molar-refractivity contribution is 9.10. The molecule has 0 heterocycles. The van der Waals surface area contributed by atoms with Crippen LogP contribution < -0.4 is 5.46 Å². The third-order valence-electron chi connectivity index (χ3n) is 1.86. The minimum atomic E-state index is -1.79. The number of carbonyl (C=O) groups excluding carboxylic acids is 1. The maximum absolute atomic E-state index is 13.4. The summed E-state index contributed by atoms with van der Waals surface area (Å²) in [6, 6.07) is 2.03. The van der Waals surface area contributed by atoms with Gasteiger partial charge in [-0.15, -0.1) is 0 Å². The first-order valence-corrected chi connectivity index (χ1v) is 5.28. The Morgan fingerprint density at radius 3 is 2.69 bits per heavy atom. The van der Waals surface area contributed by atoms with Gasteiger partial charge in [-0.25, -0.2) is 9.18 Å². The number of rotatable bonds is 3. The molecule has 0 aliphatic rings. The summed E-state index contributed by atoms with van der Waals surface area (Å²) >= 11 is 2.96. The average Bonchev–Trinajstić information content (AvgIpc) is 2.17. The van der Waals surface area contributed by atoms with E-state index in [9.17, 15) is 9.18 Å². The first-order valence-electron chi connectivity index (χ1n) is 4.49. The van der Waals surface area contributed by atoms with E-state index in [-0.39, 0.29) is 22.1 Å². The van der Waals surface area contributed by atoms with Crippen molar-refractivity contribution in [1.82, 2.24) is 0 Å². The van der Waals surface area contributed by atoms with Crippen molar-refractivity contribution in [3.63, 3.8) is 0 Å². The summed E-state index contributed by atoms with van der Waals surface area (Å²) in [6.45, 7) is 1.71. The highest BCUT2D eigenvalue weighted by Gasteiger charge is 2.21. The van der Waals surface area contributed by atoms with Gasteiger partial charge in [0, 0.05) is 4.47 Å². The summed E-state index contributed by atoms with van der Waals surface area (Å²) in [5.41, 5.74) is -0.322. The smallest absolute Gasteiger partial charge is 0.462 e. The molecule has 0 amide bonds. The van der Waals surface area contributed by atoms with Gasteiger partial charge in [-0.3, -0.25) is 0 Å². The van der Waals surface area contributed by atoms with E-state index in [0.29, 0.717) is 0 Å². The van der Waals surface area contributed by atoms with Crippen molar-refractivity contribution in [2.75, 3.05) is 6.61 Å². The van der Waals surface area contributed by atoms with Crippen LogP contribution in [0.15, 0.2) is 16.6 Å². The Labute approximate surface area is 100 Å². The van der Waals surface area contributed by atoms with Gasteiger partial charge in [0.2, 0.25) is 0 Å². The second-order valence-electron chi connectivity index (χ2n) is 2.95. The zero-order valence-electron chi connectivity index (χ0n) is 8.41. The van der Waals surface area contributed by atoms with Gasteiger partial charge >= 0.3 is 13.1 Å². The lowest BCUT2D eigenvalue weighted by Crippen LogP contribution is -2.32. The molecule has 0 fully saturated rings. The molecule has 0 unspecified atom stereocenters. The Morgan fingerprint density at radius 1 is 1.56 bits per heavy atom. The van der Waals surface area contributed by atoms with Gasteiger partial charge in [-0.2, -0.15) is 0 Å². The van der Waals surface area contributed by atoms with Gasteiger partial charge < -0.3 is 14.8 Å². The van der Waals surface area contributed by atoms with Gasteiger partial charge in [0.25, 0.3) is 0 Å². The first kappa shape index (κ1) is 13.2. The van der Waals surface area contributed by atoms with Gasteiger partial charge in [-0.1, -0.05) is 15.9 Å². The average molecular weight is 291 g/mol. The fourth-order valence-electron chi connectivity index (χ4n) is 1.13. The van der Waals surface area contributed by atoms with E-state index < -0.39 is 18.9 Å². The van der Waals surface area contributed by atoms with Crippen LogP contribution in [-0.2, 0) is 4.74 Å². The Hall–Kier alpha value is -0.915. The number of hydrogen-bond acceptors (Lipinski definition) is 4. The van der Waals surface area contributed by atoms with Crippen LogP contribution in [0.1, 0.15) is 17.3 Å². The van der Waals surface area contributed by atoms with Gasteiger partial charge in [0.15, 0.2) is 0 Å². The zero-order valence-corrected chi connectivity index (χ0v) is 9.99. The zero-order chi connectivity index (χ0) is 12.3. The molecule has 16 heavy (non-hydrogen) atoms. The van der Waals surface area contributed by atoms with Crippen molar-refractivity contribution in [3.8, 4) is 0 Å². The number of carbonyl (C=O) groups is 1. The normalized spacial score (nSPS) is 10.1. The van der Waals surface area contributed by atoms with Crippen LogP contribution in [0.25, 0.3) is 0 Å². The predicted octanol–water partition coefficient (Wildman–Crippen LogP) is 0.445. The van der Waals surface area contributed by atoms with Crippen molar-refractivity contribution in [1.29, 1.82) is 0 Å². The highest BCUT2D eigenvalue weighted by atomic mass is 79.9. The second kappa shape index (κ2) is 5.42. The Balaban J connectivity index is 3.19. The van der Waals surface area contributed by atoms with E-state index in [0.717, 1.165) is 12.1 Å². The van der Waals surface area contributed by atoms with Crippen LogP contribution in [-0.4, -0.2) is 29.7 Å². The van der Waals surface area contributed by atoms with Gasteiger partial charge in [0.05, 0.1) is 12.2 Å². The standard InChI is InChI=1S/C9H9BBrFO4/c1-2-16-9(13)5-3-6(10(14)15)7(11)4-8(5)12/h3-4,14-15H,2H2,1H3. The number of hydrogen-bond donors (Lipinski definition) is 2. The summed E-state index contributed by atoms with van der Waals surface area (Å²) < 4.78 is 18.2. The fraction of sp³-hybridized carbons (Fsp3) is 0.222. The van der Waals surface area contributed by atoms with Crippen molar-refractivity contribution < 1.29 is 24.0 Å². The summed E-state index contributed by atoms with van der Waals surface area (Å²) in [4.78, 5) is 11.3. The summed E-state index contributed by atoms with van der Waals surface area (Å²) in [5, 5.41) is 18.0. The van der Waals surface area contributed by atoms with Crippen molar-refractivity contribution in [2.45, 2.75) is 6.92 Å². The van der Waals surface area contributed by atoms with Crippen LogP contribution in [0.2, 0.25) is 0 Å². The number of benzene rings is 1. The summed E-state index contributed by atoms with van der Waals surface area (Å²) in [7, 11) is -1.79. The lowest BCUT2D eigenvalue weighted by atomic mass is 9.79. The van der Waals surface area contributed by atoms with Crippen molar-refractivity contribution in [3.05, 3.63) is 28.0 Å². The molecule has 1 aromatic carbocycles. The number of esters is 1. The molecule has 0 bridgehead atoms. The van der Waals surface area contributed by atoms with E-state index in [1.807, 2.05) is 0 Å². The monoisotopic (exact) mass is 290 g/mol. The van der Waals surface area contributed by atoms with E-state index >= 15 is 0 Å². The van der Waals surface area contributed by atoms with Crippen LogP contribution >= 0.6 is 15.9 Å². The Morgan fingerprint density at radius 2 is 2.19 bits per heavy atom. The molecule has 2 N–H and O–H groups in total. The van der Waals surface area contributed by atoms with Crippen LogP contribution in [0.4, 0.5) is 4.39 Å². The van der Waals surface area contributed by atoms with Gasteiger partial charge in [-0.05, 0) is 24.5 Å². The molecule has 0 atom stereocenters. The van der Waals surface area contributed by atoms with Crippen LogP contribution in [0, 0.1) is 5.82 Å². The summed E-state index contributed by atoms with van der Waals surface area (Å²) in [6.07, 6.45) is 0. The summed E-state index contributed by atoms with van der Waals surface area (Å²) in [5.74, 6) is -1.62. The third-order valence-corrected chi connectivity index (χ3v) is 2.55. The molecule has 7 heteroatoms. The minimum absolute atomic E-state index is 0.00412. The predicted molar refractivity (Wildman–Crippen MR) is 59.9 cm³/mol. The Bertz CT molecular complexity index is 411. The molecular formula is C9H9BBrFO4. The van der Waals surface area contributed by atoms with Gasteiger partial charge in [0.1, 0.15) is 5.82 Å². The van der Waals surface area contributed by atoms with Crippen LogP contribution in [0.3, 0.4) is 0 Å². The fourth-order valence-corrected chi connectivity index (χ4v) is 1.65. The van der Waals surface area contributed by atoms with E-state index in [1.54, 1.807) is 6.92 Å². The SMILES string of the molecule is CCOC(=O)c1cc(B(O)O)c(Br)cc1F. The molecule has 0 saturated heterocycles. The van der Waals surface area contributed by atoms with E-state index in [4.69, 9.17) is 10.0 Å². The maximum Gasteiger partial charge on any atom is 0.489 e. The maximum atomic E-state index is 13.4. The highest BCUT2D eigenvalue weighted by Crippen LogP contribution is 2.15. The minimum Gasteiger partial charge on any atom is -0.462 e. The molecule has 0 radical (unpaired) electrons. The molecule has 1 rings (SSSR count). The Kier molecular flexibility index (Phi) is 4.46. The van der Waals surface area contributed by atoms with Crippen molar-refractivity contribution >= 4 is 34.5 Å². The molecule has 1 aromatic rings. The molecule has 0 aromatic heterocycles. The molecule has 0 aliphatic heterocycles. The molecule has 0 spiro atoms. The number of ether oxygens (including phenoxy) is 1. The lowest BCUT2D eigenvalue weighted by molar-refractivity contribution is 0.0521. The van der Waals surface area contributed by atoms with Crippen LogP contribution in [0.5, 0.6) is 0 Å². The molecule has 0 aliphatic carbocycles. The quantitative estimate of drug-likeness (QED) is 0.626. The topological polar surface area (TPSA) is 66.8 Å².